The molecule has 4 rings (SSSR count). The minimum absolute atomic E-state index is 0.0256. The SMILES string of the molecule is C=CCCc1ccc(C2CCC(CCC3CCC(c4ccc(OCC)c(F)c4F)CC3)CC2)cc1. The van der Waals surface area contributed by atoms with Crippen molar-refractivity contribution in [2.24, 2.45) is 11.8 Å². The molecule has 2 aliphatic rings. The van der Waals surface area contributed by atoms with Gasteiger partial charge in [0.15, 0.2) is 11.6 Å². The van der Waals surface area contributed by atoms with Crippen LogP contribution in [0.25, 0.3) is 0 Å². The molecule has 2 aromatic carbocycles. The Morgan fingerprint density at radius 2 is 1.40 bits per heavy atom. The Morgan fingerprint density at radius 3 is 1.97 bits per heavy atom. The molecule has 0 saturated heterocycles. The molecule has 0 spiro atoms. The number of halogens is 2. The molecule has 2 aromatic rings. The van der Waals surface area contributed by atoms with Crippen LogP contribution in [0, 0.1) is 23.5 Å². The van der Waals surface area contributed by atoms with E-state index in [0.29, 0.717) is 12.2 Å². The van der Waals surface area contributed by atoms with Gasteiger partial charge in [-0.1, -0.05) is 49.2 Å². The van der Waals surface area contributed by atoms with E-state index in [-0.39, 0.29) is 11.7 Å². The monoisotopic (exact) mass is 480 g/mol. The average Bonchev–Trinajstić information content (AvgIpc) is 2.90. The van der Waals surface area contributed by atoms with Crippen molar-refractivity contribution in [3.05, 3.63) is 77.4 Å². The molecule has 0 N–H and O–H groups in total. The highest BCUT2D eigenvalue weighted by Crippen LogP contribution is 2.42. The van der Waals surface area contributed by atoms with Crippen molar-refractivity contribution in [3.63, 3.8) is 0 Å². The van der Waals surface area contributed by atoms with E-state index in [9.17, 15) is 8.78 Å². The molecular weight excluding hydrogens is 438 g/mol. The summed E-state index contributed by atoms with van der Waals surface area (Å²) in [5.74, 6) is 0.941. The fourth-order valence-electron chi connectivity index (χ4n) is 6.37. The second-order valence-electron chi connectivity index (χ2n) is 10.8. The summed E-state index contributed by atoms with van der Waals surface area (Å²) in [4.78, 5) is 0. The van der Waals surface area contributed by atoms with Gasteiger partial charge in [-0.15, -0.1) is 6.58 Å². The van der Waals surface area contributed by atoms with E-state index in [4.69, 9.17) is 4.74 Å². The smallest absolute Gasteiger partial charge is 0.200 e. The maximum absolute atomic E-state index is 14.6. The van der Waals surface area contributed by atoms with Crippen molar-refractivity contribution >= 4 is 0 Å². The Labute approximate surface area is 211 Å². The summed E-state index contributed by atoms with van der Waals surface area (Å²) >= 11 is 0. The summed E-state index contributed by atoms with van der Waals surface area (Å²) < 4.78 is 34.1. The first-order valence-corrected chi connectivity index (χ1v) is 13.9. The third-order valence-electron chi connectivity index (χ3n) is 8.58. The molecule has 35 heavy (non-hydrogen) atoms. The zero-order valence-corrected chi connectivity index (χ0v) is 21.4. The van der Waals surface area contributed by atoms with Gasteiger partial charge in [-0.05, 0) is 118 Å². The number of allylic oxidation sites excluding steroid dienone is 1. The van der Waals surface area contributed by atoms with Crippen LogP contribution in [-0.2, 0) is 6.42 Å². The average molecular weight is 481 g/mol. The number of benzene rings is 2. The summed E-state index contributed by atoms with van der Waals surface area (Å²) in [6.07, 6.45) is 16.2. The van der Waals surface area contributed by atoms with Crippen molar-refractivity contribution in [2.75, 3.05) is 6.61 Å². The van der Waals surface area contributed by atoms with Crippen molar-refractivity contribution in [1.29, 1.82) is 0 Å². The van der Waals surface area contributed by atoms with Crippen molar-refractivity contribution in [3.8, 4) is 5.75 Å². The van der Waals surface area contributed by atoms with E-state index in [1.54, 1.807) is 19.1 Å². The highest BCUT2D eigenvalue weighted by atomic mass is 19.2. The summed E-state index contributed by atoms with van der Waals surface area (Å²) in [5, 5.41) is 0. The normalized spacial score (nSPS) is 24.8. The van der Waals surface area contributed by atoms with Gasteiger partial charge >= 0.3 is 0 Å². The number of hydrogen-bond donors (Lipinski definition) is 0. The lowest BCUT2D eigenvalue weighted by molar-refractivity contribution is 0.250. The Morgan fingerprint density at radius 1 is 0.800 bits per heavy atom. The van der Waals surface area contributed by atoms with Crippen LogP contribution in [0.15, 0.2) is 49.1 Å². The Bertz CT molecular complexity index is 935. The molecule has 0 unspecified atom stereocenters. The van der Waals surface area contributed by atoms with Gasteiger partial charge in [0.05, 0.1) is 6.61 Å². The molecule has 0 bridgehead atoms. The number of rotatable bonds is 10. The van der Waals surface area contributed by atoms with Gasteiger partial charge in [0, 0.05) is 0 Å². The number of aryl methyl sites for hydroxylation is 1. The van der Waals surface area contributed by atoms with Crippen molar-refractivity contribution in [2.45, 2.75) is 95.8 Å². The van der Waals surface area contributed by atoms with Gasteiger partial charge in [-0.3, -0.25) is 0 Å². The second-order valence-corrected chi connectivity index (χ2v) is 10.8. The first-order valence-electron chi connectivity index (χ1n) is 13.9. The molecule has 0 amide bonds. The van der Waals surface area contributed by atoms with E-state index in [0.717, 1.165) is 56.3 Å². The number of hydrogen-bond acceptors (Lipinski definition) is 1. The molecule has 0 aliphatic heterocycles. The third-order valence-corrected chi connectivity index (χ3v) is 8.58. The molecule has 3 heteroatoms. The first kappa shape index (κ1) is 25.9. The lowest BCUT2D eigenvalue weighted by atomic mass is 9.73. The van der Waals surface area contributed by atoms with Crippen LogP contribution in [0.2, 0.25) is 0 Å². The van der Waals surface area contributed by atoms with E-state index in [1.807, 2.05) is 6.08 Å². The molecule has 0 aromatic heterocycles. The summed E-state index contributed by atoms with van der Waals surface area (Å²) in [5.41, 5.74) is 3.46. The molecule has 0 atom stereocenters. The van der Waals surface area contributed by atoms with Crippen LogP contribution < -0.4 is 4.74 Å². The highest BCUT2D eigenvalue weighted by molar-refractivity contribution is 5.33. The lowest BCUT2D eigenvalue weighted by Crippen LogP contribution is -2.18. The summed E-state index contributed by atoms with van der Waals surface area (Å²) in [6.45, 7) is 5.94. The van der Waals surface area contributed by atoms with E-state index in [2.05, 4.69) is 30.8 Å². The van der Waals surface area contributed by atoms with Crippen LogP contribution in [0.5, 0.6) is 5.75 Å². The zero-order valence-electron chi connectivity index (χ0n) is 21.4. The Kier molecular flexibility index (Phi) is 9.40. The predicted molar refractivity (Wildman–Crippen MR) is 141 cm³/mol. The minimum atomic E-state index is -0.828. The maximum atomic E-state index is 14.6. The van der Waals surface area contributed by atoms with Crippen molar-refractivity contribution < 1.29 is 13.5 Å². The molecule has 2 fully saturated rings. The van der Waals surface area contributed by atoms with Gasteiger partial charge in [0.2, 0.25) is 5.82 Å². The summed E-state index contributed by atoms with van der Waals surface area (Å²) in [7, 11) is 0. The molecule has 0 heterocycles. The molecule has 1 nitrogen and oxygen atoms in total. The van der Waals surface area contributed by atoms with Crippen LogP contribution in [-0.4, -0.2) is 6.61 Å². The minimum Gasteiger partial charge on any atom is -0.491 e. The van der Waals surface area contributed by atoms with Crippen LogP contribution in [0.1, 0.15) is 106 Å². The van der Waals surface area contributed by atoms with E-state index in [1.165, 1.54) is 49.7 Å². The first-order chi connectivity index (χ1) is 17.1. The standard InChI is InChI=1S/C32H42F2O/c1-3-5-6-23-9-15-26(16-10-23)27-17-11-24(12-18-27)7-8-25-13-19-28(20-14-25)29-21-22-30(35-4-2)32(34)31(29)33/h3,9-10,15-16,21-22,24-25,27-28H,1,4-8,11-14,17-20H2,2H3. The van der Waals surface area contributed by atoms with Gasteiger partial charge in [0.1, 0.15) is 0 Å². The van der Waals surface area contributed by atoms with Crippen LogP contribution in [0.4, 0.5) is 8.78 Å². The second kappa shape index (κ2) is 12.7. The summed E-state index contributed by atoms with van der Waals surface area (Å²) in [6, 6.07) is 12.6. The third kappa shape index (κ3) is 6.74. The fraction of sp³-hybridized carbons (Fsp3) is 0.562. The molecule has 190 valence electrons. The predicted octanol–water partition coefficient (Wildman–Crippen LogP) is 9.51. The zero-order chi connectivity index (χ0) is 24.6. The molecule has 2 aliphatic carbocycles. The highest BCUT2D eigenvalue weighted by Gasteiger charge is 2.28. The largest absolute Gasteiger partial charge is 0.491 e. The quantitative estimate of drug-likeness (QED) is 0.308. The van der Waals surface area contributed by atoms with Crippen LogP contribution in [0.3, 0.4) is 0 Å². The van der Waals surface area contributed by atoms with Gasteiger partial charge in [-0.2, -0.15) is 4.39 Å². The Balaban J connectivity index is 1.18. The van der Waals surface area contributed by atoms with E-state index < -0.39 is 11.6 Å². The maximum Gasteiger partial charge on any atom is 0.200 e. The fourth-order valence-corrected chi connectivity index (χ4v) is 6.37. The topological polar surface area (TPSA) is 9.23 Å². The lowest BCUT2D eigenvalue weighted by Gasteiger charge is -2.32. The molecule has 2 saturated carbocycles. The molecule has 0 radical (unpaired) electrons. The van der Waals surface area contributed by atoms with Gasteiger partial charge in [0.25, 0.3) is 0 Å². The van der Waals surface area contributed by atoms with Gasteiger partial charge < -0.3 is 4.74 Å². The Hall–Kier alpha value is -2.16. The van der Waals surface area contributed by atoms with Crippen molar-refractivity contribution in [1.82, 2.24) is 0 Å². The van der Waals surface area contributed by atoms with Crippen LogP contribution >= 0.6 is 0 Å². The number of ether oxygens (including phenoxy) is 1. The van der Waals surface area contributed by atoms with Gasteiger partial charge in [-0.25, -0.2) is 4.39 Å². The van der Waals surface area contributed by atoms with E-state index >= 15 is 0 Å². The molecular formula is C32H42F2O.